The van der Waals surface area contributed by atoms with Crippen LogP contribution in [0.2, 0.25) is 0 Å². The molecule has 0 aliphatic carbocycles. The molecule has 7 nitrogen and oxygen atoms in total. The minimum Gasteiger partial charge on any atom is -0.440 e. The number of ether oxygens (including phenoxy) is 1. The summed E-state index contributed by atoms with van der Waals surface area (Å²) in [5.74, 6) is -0.839. The predicted molar refractivity (Wildman–Crippen MR) is 94.8 cm³/mol. The Labute approximate surface area is 166 Å². The normalized spacial score (nSPS) is 12.2. The average Bonchev–Trinajstić information content (AvgIpc) is 2.57. The summed E-state index contributed by atoms with van der Waals surface area (Å²) in [5, 5.41) is 5.28. The van der Waals surface area contributed by atoms with E-state index in [1.165, 1.54) is 31.2 Å². The number of carbonyl (C=O) groups is 1. The molecule has 0 saturated carbocycles. The second kappa shape index (κ2) is 8.71. The lowest BCUT2D eigenvalue weighted by atomic mass is 10.1. The Kier molecular flexibility index (Phi) is 6.73. The van der Waals surface area contributed by atoms with E-state index in [4.69, 9.17) is 0 Å². The number of anilines is 3. The highest BCUT2D eigenvalue weighted by atomic mass is 19.4. The number of rotatable bonds is 7. The number of nitrogens with one attached hydrogen (secondary N) is 2. The van der Waals surface area contributed by atoms with E-state index in [9.17, 15) is 31.1 Å². The number of hydrogen-bond acceptors (Lipinski definition) is 7. The maximum Gasteiger partial charge on any atom is 0.434 e. The molecule has 0 aliphatic rings. The van der Waals surface area contributed by atoms with Crippen LogP contribution in [-0.4, -0.2) is 45.2 Å². The van der Waals surface area contributed by atoms with Gasteiger partial charge in [0, 0.05) is 17.3 Å². The van der Waals surface area contributed by atoms with Gasteiger partial charge in [-0.15, -0.1) is 0 Å². The van der Waals surface area contributed by atoms with Crippen molar-refractivity contribution in [1.29, 1.82) is 0 Å². The molecular formula is C17H17F6N5O2. The lowest BCUT2D eigenvalue weighted by Gasteiger charge is -2.23. The summed E-state index contributed by atoms with van der Waals surface area (Å²) in [6.07, 6.45) is -15.6. The Morgan fingerprint density at radius 1 is 0.933 bits per heavy atom. The van der Waals surface area contributed by atoms with E-state index in [0.29, 0.717) is 11.3 Å². The molecular weight excluding hydrogens is 420 g/mol. The summed E-state index contributed by atoms with van der Waals surface area (Å²) in [5.41, 5.74) is 0.733. The van der Waals surface area contributed by atoms with Crippen molar-refractivity contribution in [1.82, 2.24) is 15.0 Å². The number of halogens is 6. The summed E-state index contributed by atoms with van der Waals surface area (Å²) < 4.78 is 80.8. The monoisotopic (exact) mass is 437 g/mol. The van der Waals surface area contributed by atoms with Crippen molar-refractivity contribution >= 4 is 23.4 Å². The number of aromatic nitrogens is 3. The van der Waals surface area contributed by atoms with Gasteiger partial charge in [-0.25, -0.2) is 0 Å². The van der Waals surface area contributed by atoms with Crippen molar-refractivity contribution in [2.24, 2.45) is 0 Å². The van der Waals surface area contributed by atoms with Gasteiger partial charge in [0.15, 0.2) is 5.78 Å². The largest absolute Gasteiger partial charge is 0.440 e. The molecule has 1 heterocycles. The fourth-order valence-electron chi connectivity index (χ4n) is 2.13. The SMILES string of the molecule is CC(=O)c1ccc(Nc2nc(NC(C)C)nc(OC(C(F)(F)F)C(F)(F)F)n2)cc1. The van der Waals surface area contributed by atoms with Gasteiger partial charge >= 0.3 is 18.4 Å². The quantitative estimate of drug-likeness (QED) is 0.487. The fraction of sp³-hybridized carbons (Fsp3) is 0.412. The number of ketones is 1. The number of carbonyl (C=O) groups excluding carboxylic acids is 1. The highest BCUT2D eigenvalue weighted by molar-refractivity contribution is 5.94. The molecule has 1 aromatic heterocycles. The highest BCUT2D eigenvalue weighted by Crippen LogP contribution is 2.36. The van der Waals surface area contributed by atoms with Crippen molar-refractivity contribution in [3.8, 4) is 6.01 Å². The molecule has 0 unspecified atom stereocenters. The number of benzene rings is 1. The third kappa shape index (κ3) is 6.46. The van der Waals surface area contributed by atoms with Crippen LogP contribution < -0.4 is 15.4 Å². The molecule has 0 radical (unpaired) electrons. The van der Waals surface area contributed by atoms with Crippen LogP contribution in [0.3, 0.4) is 0 Å². The Morgan fingerprint density at radius 3 is 1.93 bits per heavy atom. The highest BCUT2D eigenvalue weighted by Gasteiger charge is 2.59. The molecule has 164 valence electrons. The van der Waals surface area contributed by atoms with E-state index in [1.54, 1.807) is 13.8 Å². The van der Waals surface area contributed by atoms with Crippen molar-refractivity contribution in [2.45, 2.75) is 45.3 Å². The zero-order chi connectivity index (χ0) is 22.7. The van der Waals surface area contributed by atoms with Gasteiger partial charge in [0.2, 0.25) is 11.9 Å². The second-order valence-corrected chi connectivity index (χ2v) is 6.40. The van der Waals surface area contributed by atoms with E-state index < -0.39 is 24.5 Å². The summed E-state index contributed by atoms with van der Waals surface area (Å²) in [7, 11) is 0. The van der Waals surface area contributed by atoms with Crippen LogP contribution in [0.4, 0.5) is 43.9 Å². The molecule has 2 N–H and O–H groups in total. The van der Waals surface area contributed by atoms with Crippen molar-refractivity contribution in [3.05, 3.63) is 29.8 Å². The van der Waals surface area contributed by atoms with E-state index in [1.807, 2.05) is 0 Å². The molecule has 30 heavy (non-hydrogen) atoms. The molecule has 1 aromatic carbocycles. The molecule has 0 aliphatic heterocycles. The minimum absolute atomic E-state index is 0.189. The first kappa shape index (κ1) is 23.2. The first-order chi connectivity index (χ1) is 13.8. The summed E-state index contributed by atoms with van der Waals surface area (Å²) in [6.45, 7) is 4.68. The van der Waals surface area contributed by atoms with E-state index in [2.05, 4.69) is 30.3 Å². The molecule has 0 spiro atoms. The number of alkyl halides is 6. The van der Waals surface area contributed by atoms with Crippen molar-refractivity contribution in [2.75, 3.05) is 10.6 Å². The summed E-state index contributed by atoms with van der Waals surface area (Å²) >= 11 is 0. The van der Waals surface area contributed by atoms with Gasteiger partial charge in [-0.2, -0.15) is 41.3 Å². The number of nitrogens with zero attached hydrogens (tertiary/aromatic N) is 3. The van der Waals surface area contributed by atoms with Crippen LogP contribution in [0.15, 0.2) is 24.3 Å². The fourth-order valence-corrected chi connectivity index (χ4v) is 2.13. The van der Waals surface area contributed by atoms with E-state index in [0.717, 1.165) is 0 Å². The lowest BCUT2D eigenvalue weighted by Crippen LogP contribution is -2.47. The third-order valence-electron chi connectivity index (χ3n) is 3.40. The van der Waals surface area contributed by atoms with Gasteiger partial charge < -0.3 is 15.4 Å². The summed E-state index contributed by atoms with van der Waals surface area (Å²) in [6, 6.07) is 4.41. The number of Topliss-reactive ketones (excluding diaryl/α,β-unsaturated/α-hetero) is 1. The van der Waals surface area contributed by atoms with Gasteiger partial charge in [-0.1, -0.05) is 0 Å². The van der Waals surface area contributed by atoms with Crippen LogP contribution in [0.5, 0.6) is 6.01 Å². The van der Waals surface area contributed by atoms with E-state index >= 15 is 0 Å². The van der Waals surface area contributed by atoms with Crippen LogP contribution in [-0.2, 0) is 0 Å². The van der Waals surface area contributed by atoms with Crippen LogP contribution in [0.1, 0.15) is 31.1 Å². The van der Waals surface area contributed by atoms with Gasteiger partial charge in [0.1, 0.15) is 0 Å². The Bertz CT molecular complexity index is 870. The zero-order valence-corrected chi connectivity index (χ0v) is 15.9. The molecule has 0 atom stereocenters. The average molecular weight is 437 g/mol. The van der Waals surface area contributed by atoms with Gasteiger partial charge in [0.25, 0.3) is 6.10 Å². The zero-order valence-electron chi connectivity index (χ0n) is 15.9. The Hall–Kier alpha value is -3.12. The Morgan fingerprint density at radius 2 is 1.47 bits per heavy atom. The second-order valence-electron chi connectivity index (χ2n) is 6.40. The van der Waals surface area contributed by atoms with Crippen LogP contribution in [0.25, 0.3) is 0 Å². The maximum atomic E-state index is 12.8. The molecule has 0 fully saturated rings. The van der Waals surface area contributed by atoms with Gasteiger partial charge in [0.05, 0.1) is 0 Å². The molecule has 2 aromatic rings. The molecule has 2 rings (SSSR count). The molecule has 0 bridgehead atoms. The standard InChI is InChI=1S/C17H17F6N5O2/c1-8(2)24-13-26-14(25-11-6-4-10(5-7-11)9(3)29)28-15(27-13)30-12(16(18,19)20)17(21,22)23/h4-8,12H,1-3H3,(H2,24,25,26,27,28). The van der Waals surface area contributed by atoms with Gasteiger partial charge in [-0.05, 0) is 45.0 Å². The van der Waals surface area contributed by atoms with Crippen LogP contribution >= 0.6 is 0 Å². The van der Waals surface area contributed by atoms with Crippen molar-refractivity contribution < 1.29 is 35.9 Å². The van der Waals surface area contributed by atoms with E-state index in [-0.39, 0.29) is 23.7 Å². The first-order valence-corrected chi connectivity index (χ1v) is 8.46. The summed E-state index contributed by atoms with van der Waals surface area (Å²) in [4.78, 5) is 22.2. The van der Waals surface area contributed by atoms with Crippen molar-refractivity contribution in [3.63, 3.8) is 0 Å². The Balaban J connectivity index is 2.37. The first-order valence-electron chi connectivity index (χ1n) is 8.46. The number of hydrogen-bond donors (Lipinski definition) is 2. The predicted octanol–water partition coefficient (Wildman–Crippen LogP) is 4.51. The van der Waals surface area contributed by atoms with Crippen LogP contribution in [0, 0.1) is 0 Å². The lowest BCUT2D eigenvalue weighted by molar-refractivity contribution is -0.301. The maximum absolute atomic E-state index is 12.8. The van der Waals surface area contributed by atoms with Gasteiger partial charge in [-0.3, -0.25) is 4.79 Å². The smallest absolute Gasteiger partial charge is 0.434 e. The third-order valence-corrected chi connectivity index (χ3v) is 3.40. The topological polar surface area (TPSA) is 89.0 Å². The molecule has 13 heteroatoms. The molecule has 0 amide bonds. The minimum atomic E-state index is -5.73. The molecule has 0 saturated heterocycles.